The van der Waals surface area contributed by atoms with Crippen molar-refractivity contribution in [3.05, 3.63) is 23.8 Å². The van der Waals surface area contributed by atoms with Gasteiger partial charge < -0.3 is 20.5 Å². The second kappa shape index (κ2) is 8.52. The van der Waals surface area contributed by atoms with Crippen LogP contribution in [0.25, 0.3) is 0 Å². The second-order valence-electron chi connectivity index (χ2n) is 5.05. The molecule has 0 aromatic heterocycles. The molecule has 0 fully saturated rings. The van der Waals surface area contributed by atoms with Gasteiger partial charge >= 0.3 is 0 Å². The fourth-order valence-electron chi connectivity index (χ4n) is 2.31. The van der Waals surface area contributed by atoms with Gasteiger partial charge in [-0.1, -0.05) is 26.7 Å². The summed E-state index contributed by atoms with van der Waals surface area (Å²) in [5, 5.41) is 2.88. The Bertz CT molecular complexity index is 437. The summed E-state index contributed by atoms with van der Waals surface area (Å²) in [4.78, 5) is 12.2. The smallest absolute Gasteiger partial charge is 0.251 e. The van der Waals surface area contributed by atoms with Crippen molar-refractivity contribution in [2.45, 2.75) is 32.7 Å². The van der Waals surface area contributed by atoms with Gasteiger partial charge in [0.05, 0.1) is 14.2 Å². The number of benzene rings is 1. The molecule has 0 saturated carbocycles. The molecule has 0 spiro atoms. The maximum absolute atomic E-state index is 12.2. The van der Waals surface area contributed by atoms with Crippen LogP contribution in [-0.4, -0.2) is 32.7 Å². The molecule has 0 bridgehead atoms. The minimum absolute atomic E-state index is 0.0311. The monoisotopic (exact) mass is 294 g/mol. The zero-order valence-electron chi connectivity index (χ0n) is 13.3. The van der Waals surface area contributed by atoms with E-state index in [1.54, 1.807) is 32.4 Å². The summed E-state index contributed by atoms with van der Waals surface area (Å²) in [6, 6.07) is 5.06. The van der Waals surface area contributed by atoms with E-state index in [0.717, 1.165) is 12.8 Å². The average Bonchev–Trinajstić information content (AvgIpc) is 2.52. The van der Waals surface area contributed by atoms with E-state index in [-0.39, 0.29) is 11.9 Å². The standard InChI is InChI=1S/C16H26N2O3/c1-5-11(6-2)15(17)10-18-16(19)12-7-13(20-3)9-14(8-12)21-4/h7-9,11,15H,5-6,10,17H2,1-4H3,(H,18,19). The lowest BCUT2D eigenvalue weighted by Gasteiger charge is -2.21. The van der Waals surface area contributed by atoms with Gasteiger partial charge in [-0.3, -0.25) is 4.79 Å². The van der Waals surface area contributed by atoms with Crippen LogP contribution in [0.4, 0.5) is 0 Å². The van der Waals surface area contributed by atoms with Crippen LogP contribution in [0.3, 0.4) is 0 Å². The van der Waals surface area contributed by atoms with E-state index in [0.29, 0.717) is 29.5 Å². The zero-order chi connectivity index (χ0) is 15.8. The average molecular weight is 294 g/mol. The molecule has 0 aliphatic carbocycles. The minimum Gasteiger partial charge on any atom is -0.497 e. The first kappa shape index (κ1) is 17.3. The van der Waals surface area contributed by atoms with Crippen molar-refractivity contribution in [2.75, 3.05) is 20.8 Å². The highest BCUT2D eigenvalue weighted by atomic mass is 16.5. The lowest BCUT2D eigenvalue weighted by Crippen LogP contribution is -2.41. The highest BCUT2D eigenvalue weighted by molar-refractivity contribution is 5.95. The lowest BCUT2D eigenvalue weighted by atomic mass is 9.95. The maximum Gasteiger partial charge on any atom is 0.251 e. The number of carbonyl (C=O) groups excluding carboxylic acids is 1. The highest BCUT2D eigenvalue weighted by Gasteiger charge is 2.16. The molecule has 21 heavy (non-hydrogen) atoms. The molecule has 5 nitrogen and oxygen atoms in total. The third-order valence-electron chi connectivity index (χ3n) is 3.77. The number of rotatable bonds is 8. The van der Waals surface area contributed by atoms with Crippen LogP contribution >= 0.6 is 0 Å². The maximum atomic E-state index is 12.2. The van der Waals surface area contributed by atoms with Gasteiger partial charge in [0.25, 0.3) is 5.91 Å². The summed E-state index contributed by atoms with van der Waals surface area (Å²) < 4.78 is 10.3. The Morgan fingerprint density at radius 2 is 1.67 bits per heavy atom. The van der Waals surface area contributed by atoms with Gasteiger partial charge in [-0.25, -0.2) is 0 Å². The van der Waals surface area contributed by atoms with Crippen LogP contribution in [-0.2, 0) is 0 Å². The quantitative estimate of drug-likeness (QED) is 0.771. The van der Waals surface area contributed by atoms with Gasteiger partial charge in [0.1, 0.15) is 11.5 Å². The van der Waals surface area contributed by atoms with Crippen molar-refractivity contribution >= 4 is 5.91 Å². The van der Waals surface area contributed by atoms with Crippen LogP contribution in [0.1, 0.15) is 37.0 Å². The summed E-state index contributed by atoms with van der Waals surface area (Å²) in [5.74, 6) is 1.42. The summed E-state index contributed by atoms with van der Waals surface area (Å²) in [6.07, 6.45) is 2.03. The Morgan fingerprint density at radius 3 is 2.10 bits per heavy atom. The molecule has 1 rings (SSSR count). The fraction of sp³-hybridized carbons (Fsp3) is 0.562. The predicted octanol–water partition coefficient (Wildman–Crippen LogP) is 2.20. The van der Waals surface area contributed by atoms with Crippen molar-refractivity contribution in [2.24, 2.45) is 11.7 Å². The van der Waals surface area contributed by atoms with E-state index in [4.69, 9.17) is 15.2 Å². The van der Waals surface area contributed by atoms with Crippen LogP contribution in [0, 0.1) is 5.92 Å². The molecule has 0 aliphatic rings. The van der Waals surface area contributed by atoms with Crippen LogP contribution < -0.4 is 20.5 Å². The van der Waals surface area contributed by atoms with Crippen molar-refractivity contribution < 1.29 is 14.3 Å². The molecule has 0 heterocycles. The number of nitrogens with one attached hydrogen (secondary N) is 1. The van der Waals surface area contributed by atoms with E-state index in [9.17, 15) is 4.79 Å². The number of hydrogen-bond donors (Lipinski definition) is 2. The van der Waals surface area contributed by atoms with Gasteiger partial charge in [0.15, 0.2) is 0 Å². The Morgan fingerprint density at radius 1 is 1.14 bits per heavy atom. The number of ether oxygens (including phenoxy) is 2. The molecule has 0 saturated heterocycles. The largest absolute Gasteiger partial charge is 0.497 e. The molecule has 0 aliphatic heterocycles. The molecule has 1 amide bonds. The summed E-state index contributed by atoms with van der Waals surface area (Å²) >= 11 is 0. The molecule has 5 heteroatoms. The SMILES string of the molecule is CCC(CC)C(N)CNC(=O)c1cc(OC)cc(OC)c1. The highest BCUT2D eigenvalue weighted by Crippen LogP contribution is 2.22. The minimum atomic E-state index is -0.173. The Balaban J connectivity index is 2.71. The zero-order valence-corrected chi connectivity index (χ0v) is 13.3. The van der Waals surface area contributed by atoms with Gasteiger partial charge in [-0.05, 0) is 18.1 Å². The topological polar surface area (TPSA) is 73.6 Å². The van der Waals surface area contributed by atoms with E-state index in [1.807, 2.05) is 0 Å². The predicted molar refractivity (Wildman–Crippen MR) is 83.9 cm³/mol. The van der Waals surface area contributed by atoms with Crippen molar-refractivity contribution in [1.82, 2.24) is 5.32 Å². The first-order valence-electron chi connectivity index (χ1n) is 7.32. The van der Waals surface area contributed by atoms with Crippen LogP contribution in [0.2, 0.25) is 0 Å². The molecular formula is C16H26N2O3. The Labute approximate surface area is 126 Å². The van der Waals surface area contributed by atoms with Gasteiger partial charge in [0, 0.05) is 24.2 Å². The van der Waals surface area contributed by atoms with E-state index >= 15 is 0 Å². The first-order chi connectivity index (χ1) is 10.0. The van der Waals surface area contributed by atoms with Gasteiger partial charge in [0.2, 0.25) is 0 Å². The van der Waals surface area contributed by atoms with Gasteiger partial charge in [-0.15, -0.1) is 0 Å². The molecule has 118 valence electrons. The molecule has 1 unspecified atom stereocenters. The van der Waals surface area contributed by atoms with Crippen molar-refractivity contribution in [1.29, 1.82) is 0 Å². The summed E-state index contributed by atoms with van der Waals surface area (Å²) in [5.41, 5.74) is 6.62. The molecular weight excluding hydrogens is 268 g/mol. The number of nitrogens with two attached hydrogens (primary N) is 1. The number of amides is 1. The van der Waals surface area contributed by atoms with E-state index in [2.05, 4.69) is 19.2 Å². The number of carbonyl (C=O) groups is 1. The van der Waals surface area contributed by atoms with Crippen LogP contribution in [0.5, 0.6) is 11.5 Å². The van der Waals surface area contributed by atoms with Crippen LogP contribution in [0.15, 0.2) is 18.2 Å². The summed E-state index contributed by atoms with van der Waals surface area (Å²) in [6.45, 7) is 4.69. The molecule has 3 N–H and O–H groups in total. The third-order valence-corrected chi connectivity index (χ3v) is 3.77. The fourth-order valence-corrected chi connectivity index (χ4v) is 2.31. The number of hydrogen-bond acceptors (Lipinski definition) is 4. The molecule has 0 radical (unpaired) electrons. The number of methoxy groups -OCH3 is 2. The third kappa shape index (κ3) is 4.93. The first-order valence-corrected chi connectivity index (χ1v) is 7.32. The molecule has 1 aromatic carbocycles. The summed E-state index contributed by atoms with van der Waals surface area (Å²) in [7, 11) is 3.11. The second-order valence-corrected chi connectivity index (χ2v) is 5.05. The molecule has 1 aromatic rings. The van der Waals surface area contributed by atoms with Gasteiger partial charge in [-0.2, -0.15) is 0 Å². The molecule has 1 atom stereocenters. The van der Waals surface area contributed by atoms with Crippen molar-refractivity contribution in [3.63, 3.8) is 0 Å². The van der Waals surface area contributed by atoms with Crippen molar-refractivity contribution in [3.8, 4) is 11.5 Å². The Kier molecular flexibility index (Phi) is 7.02. The lowest BCUT2D eigenvalue weighted by molar-refractivity contribution is 0.0947. The van der Waals surface area contributed by atoms with E-state index in [1.165, 1.54) is 0 Å². The normalized spacial score (nSPS) is 12.1. The Hall–Kier alpha value is -1.75. The van der Waals surface area contributed by atoms with E-state index < -0.39 is 0 Å².